The van der Waals surface area contributed by atoms with E-state index >= 15 is 0 Å². The fourth-order valence-electron chi connectivity index (χ4n) is 1.67. The van der Waals surface area contributed by atoms with Gasteiger partial charge in [-0.05, 0) is 36.9 Å². The summed E-state index contributed by atoms with van der Waals surface area (Å²) < 4.78 is 0. The van der Waals surface area contributed by atoms with Crippen molar-refractivity contribution in [1.82, 2.24) is 5.32 Å². The average Bonchev–Trinajstić information content (AvgIpc) is 2.26. The van der Waals surface area contributed by atoms with Gasteiger partial charge in [-0.15, -0.1) is 0 Å². The molecule has 2 rings (SSSR count). The van der Waals surface area contributed by atoms with Gasteiger partial charge < -0.3 is 10.6 Å². The number of nitrogens with one attached hydrogen (secondary N) is 2. The Labute approximate surface area is 90.3 Å². The third-order valence-electron chi connectivity index (χ3n) is 2.47. The minimum Gasteiger partial charge on any atom is -0.372 e. The Bertz CT molecular complexity index is 463. The molecule has 2 N–H and O–H groups in total. The standard InChI is InChI=1S/C13H16N2/c1-10-3-4-12-8-13(15-9-14-2)6-5-11(12)7-10/h3-8,14-15H,9H2,1-2H3. The van der Waals surface area contributed by atoms with Gasteiger partial charge in [0.25, 0.3) is 0 Å². The van der Waals surface area contributed by atoms with E-state index in [2.05, 4.69) is 54.0 Å². The first-order valence-corrected chi connectivity index (χ1v) is 5.18. The molecule has 0 aliphatic heterocycles. The normalized spacial score (nSPS) is 10.5. The Morgan fingerprint density at radius 2 is 1.73 bits per heavy atom. The first kappa shape index (κ1) is 9.99. The van der Waals surface area contributed by atoms with Gasteiger partial charge in [0.2, 0.25) is 0 Å². The SMILES string of the molecule is CNCNc1ccc2cc(C)ccc2c1. The summed E-state index contributed by atoms with van der Waals surface area (Å²) in [7, 11) is 1.93. The zero-order valence-electron chi connectivity index (χ0n) is 9.17. The second kappa shape index (κ2) is 4.32. The minimum absolute atomic E-state index is 0.789. The molecule has 0 spiro atoms. The summed E-state index contributed by atoms with van der Waals surface area (Å²) in [5, 5.41) is 8.93. The molecule has 0 heterocycles. The van der Waals surface area contributed by atoms with Crippen LogP contribution in [0.2, 0.25) is 0 Å². The minimum atomic E-state index is 0.789. The molecular formula is C13H16N2. The number of fused-ring (bicyclic) bond motifs is 1. The summed E-state index contributed by atoms with van der Waals surface area (Å²) >= 11 is 0. The molecular weight excluding hydrogens is 184 g/mol. The number of hydrogen-bond acceptors (Lipinski definition) is 2. The van der Waals surface area contributed by atoms with Crippen molar-refractivity contribution in [2.24, 2.45) is 0 Å². The molecule has 2 heteroatoms. The van der Waals surface area contributed by atoms with Crippen molar-refractivity contribution < 1.29 is 0 Å². The molecule has 2 nitrogen and oxygen atoms in total. The monoisotopic (exact) mass is 200 g/mol. The second-order valence-electron chi connectivity index (χ2n) is 3.77. The largest absolute Gasteiger partial charge is 0.372 e. The molecule has 78 valence electrons. The van der Waals surface area contributed by atoms with Gasteiger partial charge in [0.1, 0.15) is 0 Å². The van der Waals surface area contributed by atoms with E-state index in [1.165, 1.54) is 16.3 Å². The predicted molar refractivity (Wildman–Crippen MR) is 66.2 cm³/mol. The summed E-state index contributed by atoms with van der Waals surface area (Å²) in [6, 6.07) is 12.9. The third kappa shape index (κ3) is 2.28. The lowest BCUT2D eigenvalue weighted by molar-refractivity contribution is 0.875. The first-order chi connectivity index (χ1) is 7.29. The van der Waals surface area contributed by atoms with E-state index in [0.717, 1.165) is 12.4 Å². The summed E-state index contributed by atoms with van der Waals surface area (Å²) in [6.45, 7) is 2.91. The van der Waals surface area contributed by atoms with Crippen LogP contribution in [0.1, 0.15) is 5.56 Å². The van der Waals surface area contributed by atoms with Crippen molar-refractivity contribution >= 4 is 16.5 Å². The van der Waals surface area contributed by atoms with Crippen molar-refractivity contribution in [1.29, 1.82) is 0 Å². The molecule has 0 unspecified atom stereocenters. The van der Waals surface area contributed by atoms with Crippen molar-refractivity contribution in [3.05, 3.63) is 42.0 Å². The summed E-state index contributed by atoms with van der Waals surface area (Å²) in [6.07, 6.45) is 0. The number of rotatable bonds is 3. The van der Waals surface area contributed by atoms with Crippen molar-refractivity contribution in [2.75, 3.05) is 19.0 Å². The fourth-order valence-corrected chi connectivity index (χ4v) is 1.67. The van der Waals surface area contributed by atoms with E-state index in [1.807, 2.05) is 7.05 Å². The van der Waals surface area contributed by atoms with Crippen LogP contribution in [0.4, 0.5) is 5.69 Å². The molecule has 0 atom stereocenters. The van der Waals surface area contributed by atoms with Crippen molar-refractivity contribution in [3.8, 4) is 0 Å². The van der Waals surface area contributed by atoms with E-state index in [0.29, 0.717) is 0 Å². The van der Waals surface area contributed by atoms with Gasteiger partial charge in [0, 0.05) is 5.69 Å². The number of aryl methyl sites for hydroxylation is 1. The fraction of sp³-hybridized carbons (Fsp3) is 0.231. The van der Waals surface area contributed by atoms with Crippen LogP contribution < -0.4 is 10.6 Å². The number of hydrogen-bond donors (Lipinski definition) is 2. The molecule has 0 amide bonds. The van der Waals surface area contributed by atoms with Gasteiger partial charge in [0.15, 0.2) is 0 Å². The van der Waals surface area contributed by atoms with E-state index in [1.54, 1.807) is 0 Å². The topological polar surface area (TPSA) is 24.1 Å². The summed E-state index contributed by atoms with van der Waals surface area (Å²) in [5.41, 5.74) is 2.46. The molecule has 0 bridgehead atoms. The quantitative estimate of drug-likeness (QED) is 0.744. The smallest absolute Gasteiger partial charge is 0.0650 e. The first-order valence-electron chi connectivity index (χ1n) is 5.18. The molecule has 2 aromatic rings. The number of anilines is 1. The average molecular weight is 200 g/mol. The molecule has 2 aromatic carbocycles. The van der Waals surface area contributed by atoms with Crippen LogP contribution in [0.5, 0.6) is 0 Å². The molecule has 0 fully saturated rings. The zero-order valence-corrected chi connectivity index (χ0v) is 9.17. The lowest BCUT2D eigenvalue weighted by Gasteiger charge is -2.07. The van der Waals surface area contributed by atoms with Crippen LogP contribution in [0, 0.1) is 6.92 Å². The number of benzene rings is 2. The third-order valence-corrected chi connectivity index (χ3v) is 2.47. The van der Waals surface area contributed by atoms with Crippen molar-refractivity contribution in [3.63, 3.8) is 0 Å². The van der Waals surface area contributed by atoms with Gasteiger partial charge in [-0.2, -0.15) is 0 Å². The van der Waals surface area contributed by atoms with E-state index in [-0.39, 0.29) is 0 Å². The Balaban J connectivity index is 2.34. The molecule has 0 aliphatic carbocycles. The van der Waals surface area contributed by atoms with Gasteiger partial charge in [0.05, 0.1) is 6.67 Å². The second-order valence-corrected chi connectivity index (χ2v) is 3.77. The maximum absolute atomic E-state index is 3.29. The highest BCUT2D eigenvalue weighted by Crippen LogP contribution is 2.20. The Kier molecular flexibility index (Phi) is 2.88. The van der Waals surface area contributed by atoms with Crippen LogP contribution >= 0.6 is 0 Å². The van der Waals surface area contributed by atoms with Crippen LogP contribution in [0.15, 0.2) is 36.4 Å². The van der Waals surface area contributed by atoms with Crippen LogP contribution in [-0.4, -0.2) is 13.7 Å². The van der Waals surface area contributed by atoms with Crippen LogP contribution in [0.3, 0.4) is 0 Å². The predicted octanol–water partition coefficient (Wildman–Crippen LogP) is 2.74. The van der Waals surface area contributed by atoms with Crippen LogP contribution in [-0.2, 0) is 0 Å². The van der Waals surface area contributed by atoms with Crippen molar-refractivity contribution in [2.45, 2.75) is 6.92 Å². The Hall–Kier alpha value is -1.54. The maximum atomic E-state index is 3.29. The summed E-state index contributed by atoms with van der Waals surface area (Å²) in [5.74, 6) is 0. The molecule has 0 saturated carbocycles. The Morgan fingerprint density at radius 1 is 1.00 bits per heavy atom. The summed E-state index contributed by atoms with van der Waals surface area (Å²) in [4.78, 5) is 0. The molecule has 0 saturated heterocycles. The van der Waals surface area contributed by atoms with E-state index in [4.69, 9.17) is 0 Å². The highest BCUT2D eigenvalue weighted by molar-refractivity contribution is 5.86. The molecule has 15 heavy (non-hydrogen) atoms. The lowest BCUT2D eigenvalue weighted by Crippen LogP contribution is -2.16. The van der Waals surface area contributed by atoms with Crippen LogP contribution in [0.25, 0.3) is 10.8 Å². The molecule has 0 aliphatic rings. The maximum Gasteiger partial charge on any atom is 0.0650 e. The highest BCUT2D eigenvalue weighted by Gasteiger charge is 1.95. The molecule has 0 aromatic heterocycles. The van der Waals surface area contributed by atoms with Gasteiger partial charge in [-0.25, -0.2) is 0 Å². The highest BCUT2D eigenvalue weighted by atomic mass is 15.0. The van der Waals surface area contributed by atoms with Gasteiger partial charge in [-0.3, -0.25) is 0 Å². The Morgan fingerprint density at radius 3 is 2.53 bits per heavy atom. The van der Waals surface area contributed by atoms with E-state index < -0.39 is 0 Å². The van der Waals surface area contributed by atoms with Gasteiger partial charge in [-0.1, -0.05) is 29.8 Å². The van der Waals surface area contributed by atoms with E-state index in [9.17, 15) is 0 Å². The zero-order chi connectivity index (χ0) is 10.7. The van der Waals surface area contributed by atoms with Gasteiger partial charge >= 0.3 is 0 Å². The molecule has 0 radical (unpaired) electrons. The lowest BCUT2D eigenvalue weighted by atomic mass is 10.1.